The van der Waals surface area contributed by atoms with Gasteiger partial charge in [-0.25, -0.2) is 0 Å². The Hall–Kier alpha value is -1.70. The molecule has 0 aromatic carbocycles. The van der Waals surface area contributed by atoms with Crippen LogP contribution in [0.1, 0.15) is 117 Å². The molecule has 12 atom stereocenters. The second-order valence-corrected chi connectivity index (χ2v) is 16.6. The molecular formula is C38H50O4. The van der Waals surface area contributed by atoms with Crippen LogP contribution in [-0.2, 0) is 9.59 Å². The lowest BCUT2D eigenvalue weighted by molar-refractivity contribution is -0.117. The summed E-state index contributed by atoms with van der Waals surface area (Å²) in [6.45, 7) is 4.61. The molecule has 0 radical (unpaired) electrons. The van der Waals surface area contributed by atoms with Gasteiger partial charge in [-0.2, -0.15) is 0 Å². The largest absolute Gasteiger partial charge is 0.377 e. The van der Waals surface area contributed by atoms with Gasteiger partial charge in [0.05, 0.1) is 0 Å². The van der Waals surface area contributed by atoms with Crippen molar-refractivity contribution in [1.29, 1.82) is 0 Å². The zero-order chi connectivity index (χ0) is 29.1. The van der Waals surface area contributed by atoms with Crippen LogP contribution in [0.3, 0.4) is 0 Å². The summed E-state index contributed by atoms with van der Waals surface area (Å²) < 4.78 is 0. The fourth-order valence-electron chi connectivity index (χ4n) is 13.0. The fraction of sp³-hybridized carbons (Fsp3) is 0.789. The Morgan fingerprint density at radius 3 is 1.43 bits per heavy atom. The highest BCUT2D eigenvalue weighted by Crippen LogP contribution is 2.67. The third-order valence-corrected chi connectivity index (χ3v) is 15.4. The highest BCUT2D eigenvalue weighted by atomic mass is 16.3. The molecule has 0 aliphatic heterocycles. The first-order chi connectivity index (χ1) is 20.1. The zero-order valence-corrected chi connectivity index (χ0v) is 25.8. The second kappa shape index (κ2) is 9.40. The first-order valence-corrected chi connectivity index (χ1v) is 17.5. The first kappa shape index (κ1) is 27.8. The number of hydrogen-bond donors (Lipinski definition) is 2. The van der Waals surface area contributed by atoms with Crippen molar-refractivity contribution in [2.24, 2.45) is 58.2 Å². The fourth-order valence-corrected chi connectivity index (χ4v) is 13.0. The van der Waals surface area contributed by atoms with Gasteiger partial charge >= 0.3 is 0 Å². The minimum absolute atomic E-state index is 0.232. The summed E-state index contributed by atoms with van der Waals surface area (Å²) >= 11 is 0. The number of ketones is 2. The van der Waals surface area contributed by atoms with E-state index in [0.717, 1.165) is 77.0 Å². The molecule has 0 heterocycles. The molecule has 8 rings (SSSR count). The van der Waals surface area contributed by atoms with E-state index in [9.17, 15) is 19.8 Å². The van der Waals surface area contributed by atoms with Crippen molar-refractivity contribution >= 4 is 11.6 Å². The summed E-state index contributed by atoms with van der Waals surface area (Å²) in [5, 5.41) is 24.6. The van der Waals surface area contributed by atoms with Gasteiger partial charge in [0, 0.05) is 23.7 Å². The van der Waals surface area contributed by atoms with Gasteiger partial charge in [-0.3, -0.25) is 9.59 Å². The maximum atomic E-state index is 12.3. The SMILES string of the molecule is C[C@]12CC[C@H]3[C@@H](CCC4=CC(=O)CC[C@@H]43)[C@@H]1CC[C@@]2(O)C#C[C@]1(O)CC[C@H]2[C@@H]3CCC4=CC(=O)CC[C@@H]4[C@H]3CC[C@@]21C. The molecule has 0 saturated heterocycles. The van der Waals surface area contributed by atoms with E-state index in [4.69, 9.17) is 0 Å². The van der Waals surface area contributed by atoms with Crippen LogP contribution < -0.4 is 0 Å². The number of aliphatic hydroxyl groups is 2. The molecule has 6 saturated carbocycles. The third-order valence-electron chi connectivity index (χ3n) is 15.4. The molecule has 4 nitrogen and oxygen atoms in total. The van der Waals surface area contributed by atoms with Gasteiger partial charge in [0.15, 0.2) is 11.6 Å². The summed E-state index contributed by atoms with van der Waals surface area (Å²) in [5.41, 5.74) is 0.276. The maximum absolute atomic E-state index is 12.3. The molecule has 8 aliphatic carbocycles. The van der Waals surface area contributed by atoms with Gasteiger partial charge in [-0.15, -0.1) is 0 Å². The van der Waals surface area contributed by atoms with Crippen molar-refractivity contribution in [3.05, 3.63) is 23.3 Å². The molecule has 6 fully saturated rings. The minimum Gasteiger partial charge on any atom is -0.377 e. The summed E-state index contributed by atoms with van der Waals surface area (Å²) in [5.74, 6) is 12.2. The van der Waals surface area contributed by atoms with Crippen LogP contribution in [0.25, 0.3) is 0 Å². The van der Waals surface area contributed by atoms with Gasteiger partial charge in [0.2, 0.25) is 0 Å². The van der Waals surface area contributed by atoms with Crippen molar-refractivity contribution in [1.82, 2.24) is 0 Å². The lowest BCUT2D eigenvalue weighted by Crippen LogP contribution is -2.53. The molecule has 0 aromatic heterocycles. The molecule has 0 aromatic rings. The van der Waals surface area contributed by atoms with E-state index in [0.29, 0.717) is 84.6 Å². The van der Waals surface area contributed by atoms with Crippen LogP contribution in [0.15, 0.2) is 23.3 Å². The Morgan fingerprint density at radius 2 is 1.00 bits per heavy atom. The van der Waals surface area contributed by atoms with E-state index in [-0.39, 0.29) is 10.8 Å². The average molecular weight is 571 g/mol. The number of carbonyl (C=O) groups is 2. The predicted molar refractivity (Wildman–Crippen MR) is 162 cm³/mol. The van der Waals surface area contributed by atoms with Crippen molar-refractivity contribution in [3.8, 4) is 11.8 Å². The second-order valence-electron chi connectivity index (χ2n) is 16.6. The molecular weight excluding hydrogens is 520 g/mol. The van der Waals surface area contributed by atoms with Crippen LogP contribution in [0.4, 0.5) is 0 Å². The van der Waals surface area contributed by atoms with Gasteiger partial charge in [0.25, 0.3) is 0 Å². The number of hydrogen-bond acceptors (Lipinski definition) is 4. The Morgan fingerprint density at radius 1 is 0.571 bits per heavy atom. The predicted octanol–water partition coefficient (Wildman–Crippen LogP) is 6.74. The van der Waals surface area contributed by atoms with E-state index in [1.54, 1.807) is 0 Å². The monoisotopic (exact) mass is 570 g/mol. The zero-order valence-electron chi connectivity index (χ0n) is 25.8. The number of allylic oxidation sites excluding steroid dienone is 2. The number of rotatable bonds is 0. The highest BCUT2D eigenvalue weighted by Gasteiger charge is 2.64. The molecule has 226 valence electrons. The summed E-state index contributed by atoms with van der Waals surface area (Å²) in [6, 6.07) is 0. The molecule has 0 bridgehead atoms. The van der Waals surface area contributed by atoms with Gasteiger partial charge in [-0.05, 0) is 149 Å². The lowest BCUT2D eigenvalue weighted by Gasteiger charge is -2.55. The quantitative estimate of drug-likeness (QED) is 0.317. The van der Waals surface area contributed by atoms with Crippen LogP contribution in [0.2, 0.25) is 0 Å². The maximum Gasteiger partial charge on any atom is 0.155 e. The topological polar surface area (TPSA) is 74.6 Å². The normalized spacial score (nSPS) is 52.8. The van der Waals surface area contributed by atoms with Crippen LogP contribution in [0.5, 0.6) is 0 Å². The minimum atomic E-state index is -1.04. The molecule has 0 amide bonds. The lowest BCUT2D eigenvalue weighted by atomic mass is 9.50. The Kier molecular flexibility index (Phi) is 6.23. The van der Waals surface area contributed by atoms with Crippen LogP contribution >= 0.6 is 0 Å². The standard InChI is InChI=1S/C38H50O4/c1-35-15-11-29-27-9-5-25(39)21-23(27)3-7-31(29)33(35)13-17-37(35,41)19-20-38(42)18-14-34-32-8-4-24-22-26(40)6-10-28(24)30(32)12-16-36(34,38)2/h21-22,27-34,41-42H,3-18H2,1-2H3/t27-,28-,29+,30+,31+,32+,33-,34-,35-,36-,37+,38+/m0/s1. The van der Waals surface area contributed by atoms with Crippen molar-refractivity contribution in [2.45, 2.75) is 128 Å². The molecule has 4 heteroatoms. The van der Waals surface area contributed by atoms with E-state index in [2.05, 4.69) is 25.7 Å². The molecule has 2 N–H and O–H groups in total. The summed E-state index contributed by atoms with van der Waals surface area (Å²) in [4.78, 5) is 24.2. The molecule has 42 heavy (non-hydrogen) atoms. The van der Waals surface area contributed by atoms with E-state index in [1.807, 2.05) is 12.2 Å². The Balaban J connectivity index is 1.03. The van der Waals surface area contributed by atoms with Gasteiger partial charge in [0.1, 0.15) is 11.2 Å². The molecule has 0 spiro atoms. The van der Waals surface area contributed by atoms with E-state index in [1.165, 1.54) is 11.1 Å². The van der Waals surface area contributed by atoms with Crippen molar-refractivity contribution in [3.63, 3.8) is 0 Å². The summed E-state index contributed by atoms with van der Waals surface area (Å²) in [7, 11) is 0. The molecule has 8 aliphatic rings. The number of fused-ring (bicyclic) bond motifs is 10. The van der Waals surface area contributed by atoms with Crippen LogP contribution in [-0.4, -0.2) is 33.0 Å². The van der Waals surface area contributed by atoms with Crippen molar-refractivity contribution in [2.75, 3.05) is 0 Å². The number of carbonyl (C=O) groups excluding carboxylic acids is 2. The Labute approximate surface area is 252 Å². The van der Waals surface area contributed by atoms with Gasteiger partial charge < -0.3 is 10.2 Å². The van der Waals surface area contributed by atoms with E-state index >= 15 is 0 Å². The first-order valence-electron chi connectivity index (χ1n) is 17.5. The highest BCUT2D eigenvalue weighted by molar-refractivity contribution is 5.91. The summed E-state index contributed by atoms with van der Waals surface area (Å²) in [6.07, 6.45) is 19.4. The smallest absolute Gasteiger partial charge is 0.155 e. The Bertz CT molecular complexity index is 1230. The average Bonchev–Trinajstić information content (AvgIpc) is 3.41. The van der Waals surface area contributed by atoms with Gasteiger partial charge in [-0.1, -0.05) is 36.8 Å². The van der Waals surface area contributed by atoms with E-state index < -0.39 is 11.2 Å². The molecule has 0 unspecified atom stereocenters. The van der Waals surface area contributed by atoms with Crippen LogP contribution in [0, 0.1) is 70.0 Å². The third kappa shape index (κ3) is 3.74. The van der Waals surface area contributed by atoms with Crippen molar-refractivity contribution < 1.29 is 19.8 Å².